The molecule has 0 aromatic heterocycles. The molecule has 1 aromatic carbocycles. The minimum atomic E-state index is 0.154. The molecule has 0 spiro atoms. The van der Waals surface area contributed by atoms with E-state index in [1.807, 2.05) is 0 Å². The molecule has 2 aliphatic rings. The minimum absolute atomic E-state index is 0.154. The van der Waals surface area contributed by atoms with Crippen LogP contribution in [0.2, 0.25) is 0 Å². The lowest BCUT2D eigenvalue weighted by Crippen LogP contribution is -2.27. The molecule has 110 valence electrons. The van der Waals surface area contributed by atoms with Gasteiger partial charge in [-0.2, -0.15) is 0 Å². The highest BCUT2D eigenvalue weighted by Gasteiger charge is 2.28. The van der Waals surface area contributed by atoms with Crippen LogP contribution in [0.3, 0.4) is 0 Å². The van der Waals surface area contributed by atoms with Crippen LogP contribution in [0.1, 0.15) is 62.6 Å². The standard InChI is InChI=1S/C18H27NO/c1-2-13-8-10-14(11-9-13)17(19)16-7-3-5-15-6-4-12-20-18(15)16/h3,5,7,13-14,17H,2,4,6,8-12,19H2,1H3. The van der Waals surface area contributed by atoms with Gasteiger partial charge in [-0.25, -0.2) is 0 Å². The zero-order valence-corrected chi connectivity index (χ0v) is 12.6. The molecule has 1 fully saturated rings. The van der Waals surface area contributed by atoms with Gasteiger partial charge in [0.1, 0.15) is 5.75 Å². The number of ether oxygens (including phenoxy) is 1. The lowest BCUT2D eigenvalue weighted by molar-refractivity contribution is 0.232. The van der Waals surface area contributed by atoms with Crippen LogP contribution >= 0.6 is 0 Å². The summed E-state index contributed by atoms with van der Waals surface area (Å²) in [6.45, 7) is 3.16. The summed E-state index contributed by atoms with van der Waals surface area (Å²) in [6.07, 6.45) is 8.86. The summed E-state index contributed by atoms with van der Waals surface area (Å²) in [4.78, 5) is 0. The SMILES string of the molecule is CCC1CCC(C(N)c2cccc3c2OCCC3)CC1. The Kier molecular flexibility index (Phi) is 4.30. The molecule has 1 aliphatic heterocycles. The molecule has 1 aliphatic carbocycles. The average Bonchev–Trinajstić information content (AvgIpc) is 2.54. The molecule has 20 heavy (non-hydrogen) atoms. The van der Waals surface area contributed by atoms with E-state index in [1.54, 1.807) is 0 Å². The Morgan fingerprint density at radius 1 is 1.25 bits per heavy atom. The molecule has 1 unspecified atom stereocenters. The first-order chi connectivity index (χ1) is 9.79. The Balaban J connectivity index is 1.76. The lowest BCUT2D eigenvalue weighted by Gasteiger charge is -2.33. The summed E-state index contributed by atoms with van der Waals surface area (Å²) in [5, 5.41) is 0. The van der Waals surface area contributed by atoms with Gasteiger partial charge >= 0.3 is 0 Å². The number of hydrogen-bond donors (Lipinski definition) is 1. The minimum Gasteiger partial charge on any atom is -0.493 e. The Labute approximate surface area is 122 Å². The zero-order chi connectivity index (χ0) is 13.9. The third-order valence-electron chi connectivity index (χ3n) is 5.30. The molecule has 1 atom stereocenters. The van der Waals surface area contributed by atoms with Crippen LogP contribution in [0, 0.1) is 11.8 Å². The maximum atomic E-state index is 6.60. The summed E-state index contributed by atoms with van der Waals surface area (Å²) in [5.74, 6) is 2.66. The number of fused-ring (bicyclic) bond motifs is 1. The second kappa shape index (κ2) is 6.17. The number of nitrogens with two attached hydrogens (primary N) is 1. The van der Waals surface area contributed by atoms with E-state index in [9.17, 15) is 0 Å². The van der Waals surface area contributed by atoms with Crippen molar-refractivity contribution in [2.75, 3.05) is 6.61 Å². The van der Waals surface area contributed by atoms with E-state index in [0.29, 0.717) is 5.92 Å². The lowest BCUT2D eigenvalue weighted by atomic mass is 9.76. The van der Waals surface area contributed by atoms with E-state index in [4.69, 9.17) is 10.5 Å². The van der Waals surface area contributed by atoms with Crippen molar-refractivity contribution in [1.82, 2.24) is 0 Å². The molecular weight excluding hydrogens is 246 g/mol. The van der Waals surface area contributed by atoms with E-state index in [1.165, 1.54) is 43.2 Å². The van der Waals surface area contributed by atoms with Crippen LogP contribution in [0.5, 0.6) is 5.75 Å². The monoisotopic (exact) mass is 273 g/mol. The fourth-order valence-electron chi connectivity index (χ4n) is 3.89. The summed E-state index contributed by atoms with van der Waals surface area (Å²) in [6, 6.07) is 6.68. The van der Waals surface area contributed by atoms with Gasteiger partial charge in [-0.1, -0.05) is 44.4 Å². The second-order valence-corrected chi connectivity index (χ2v) is 6.50. The molecule has 0 saturated heterocycles. The molecule has 1 aromatic rings. The van der Waals surface area contributed by atoms with E-state index in [2.05, 4.69) is 25.1 Å². The van der Waals surface area contributed by atoms with Crippen LogP contribution in [-0.2, 0) is 6.42 Å². The van der Waals surface area contributed by atoms with Gasteiger partial charge in [0.05, 0.1) is 6.61 Å². The van der Waals surface area contributed by atoms with Crippen molar-refractivity contribution in [3.05, 3.63) is 29.3 Å². The summed E-state index contributed by atoms with van der Waals surface area (Å²) < 4.78 is 5.93. The Bertz CT molecular complexity index is 449. The normalized spacial score (nSPS) is 27.5. The summed E-state index contributed by atoms with van der Waals surface area (Å²) in [5.41, 5.74) is 9.21. The van der Waals surface area contributed by atoms with E-state index in [-0.39, 0.29) is 6.04 Å². The number of para-hydroxylation sites is 1. The molecule has 0 radical (unpaired) electrons. The van der Waals surface area contributed by atoms with E-state index in [0.717, 1.165) is 31.1 Å². The maximum absolute atomic E-state index is 6.60. The Hall–Kier alpha value is -1.02. The quantitative estimate of drug-likeness (QED) is 0.894. The molecule has 0 amide bonds. The highest BCUT2D eigenvalue weighted by molar-refractivity contribution is 5.44. The first-order valence-corrected chi connectivity index (χ1v) is 8.29. The van der Waals surface area contributed by atoms with Crippen molar-refractivity contribution in [1.29, 1.82) is 0 Å². The zero-order valence-electron chi connectivity index (χ0n) is 12.6. The van der Waals surface area contributed by atoms with Crippen molar-refractivity contribution in [2.24, 2.45) is 17.6 Å². The van der Waals surface area contributed by atoms with Gasteiger partial charge in [0, 0.05) is 11.6 Å². The highest BCUT2D eigenvalue weighted by atomic mass is 16.5. The maximum Gasteiger partial charge on any atom is 0.127 e. The van der Waals surface area contributed by atoms with E-state index >= 15 is 0 Å². The van der Waals surface area contributed by atoms with Crippen LogP contribution in [0.4, 0.5) is 0 Å². The largest absolute Gasteiger partial charge is 0.493 e. The van der Waals surface area contributed by atoms with Crippen LogP contribution in [-0.4, -0.2) is 6.61 Å². The van der Waals surface area contributed by atoms with Gasteiger partial charge in [-0.05, 0) is 43.1 Å². The second-order valence-electron chi connectivity index (χ2n) is 6.50. The number of hydrogen-bond acceptors (Lipinski definition) is 2. The van der Waals surface area contributed by atoms with Crippen LogP contribution in [0.15, 0.2) is 18.2 Å². The van der Waals surface area contributed by atoms with Gasteiger partial charge in [-0.15, -0.1) is 0 Å². The average molecular weight is 273 g/mol. The predicted molar refractivity (Wildman–Crippen MR) is 82.9 cm³/mol. The number of aryl methyl sites for hydroxylation is 1. The van der Waals surface area contributed by atoms with Gasteiger partial charge in [-0.3, -0.25) is 0 Å². The Morgan fingerprint density at radius 2 is 2.05 bits per heavy atom. The summed E-state index contributed by atoms with van der Waals surface area (Å²) in [7, 11) is 0. The summed E-state index contributed by atoms with van der Waals surface area (Å²) >= 11 is 0. The van der Waals surface area contributed by atoms with Crippen LogP contribution < -0.4 is 10.5 Å². The fraction of sp³-hybridized carbons (Fsp3) is 0.667. The first-order valence-electron chi connectivity index (χ1n) is 8.29. The smallest absolute Gasteiger partial charge is 0.127 e. The van der Waals surface area contributed by atoms with E-state index < -0.39 is 0 Å². The fourth-order valence-corrected chi connectivity index (χ4v) is 3.89. The molecule has 3 rings (SSSR count). The molecule has 2 N–H and O–H groups in total. The van der Waals surface area contributed by atoms with Crippen LogP contribution in [0.25, 0.3) is 0 Å². The van der Waals surface area contributed by atoms with Crippen molar-refractivity contribution < 1.29 is 4.74 Å². The van der Waals surface area contributed by atoms with Gasteiger partial charge in [0.15, 0.2) is 0 Å². The van der Waals surface area contributed by atoms with Gasteiger partial charge in [0.2, 0.25) is 0 Å². The third-order valence-corrected chi connectivity index (χ3v) is 5.30. The van der Waals surface area contributed by atoms with Crippen molar-refractivity contribution in [3.8, 4) is 5.75 Å². The van der Waals surface area contributed by atoms with Crippen molar-refractivity contribution >= 4 is 0 Å². The topological polar surface area (TPSA) is 35.2 Å². The molecule has 2 heteroatoms. The Morgan fingerprint density at radius 3 is 2.80 bits per heavy atom. The third kappa shape index (κ3) is 2.71. The molecule has 1 saturated carbocycles. The number of benzene rings is 1. The first kappa shape index (κ1) is 13.9. The molecule has 1 heterocycles. The number of rotatable bonds is 3. The molecule has 2 nitrogen and oxygen atoms in total. The predicted octanol–water partition coefficient (Wildman–Crippen LogP) is 4.23. The molecular formula is C18H27NO. The van der Waals surface area contributed by atoms with Gasteiger partial charge < -0.3 is 10.5 Å². The van der Waals surface area contributed by atoms with Crippen molar-refractivity contribution in [2.45, 2.75) is 57.9 Å². The van der Waals surface area contributed by atoms with Crippen molar-refractivity contribution in [3.63, 3.8) is 0 Å². The van der Waals surface area contributed by atoms with Gasteiger partial charge in [0.25, 0.3) is 0 Å². The molecule has 0 bridgehead atoms. The highest BCUT2D eigenvalue weighted by Crippen LogP contribution is 2.41.